The lowest BCUT2D eigenvalue weighted by Crippen LogP contribution is -2.53. The molecule has 2 N–H and O–H groups in total. The van der Waals surface area contributed by atoms with Gasteiger partial charge >= 0.3 is 5.69 Å². The Morgan fingerprint density at radius 1 is 1.23 bits per heavy atom. The van der Waals surface area contributed by atoms with Crippen molar-refractivity contribution < 1.29 is 13.6 Å². The van der Waals surface area contributed by atoms with Crippen LogP contribution in [0.3, 0.4) is 0 Å². The Bertz CT molecular complexity index is 1190. The van der Waals surface area contributed by atoms with Crippen LogP contribution in [0, 0.1) is 11.6 Å². The number of hydrogen-bond donors (Lipinski definition) is 2. The maximum absolute atomic E-state index is 13.8. The number of halogens is 3. The van der Waals surface area contributed by atoms with Crippen LogP contribution in [0.2, 0.25) is 5.02 Å². The first-order valence-electron chi connectivity index (χ1n) is 9.85. The monoisotopic (exact) mass is 449 g/mol. The number of aryl methyl sites for hydroxylation is 1. The van der Waals surface area contributed by atoms with Gasteiger partial charge in [0.2, 0.25) is 5.91 Å². The molecular weight excluding hydrogens is 428 g/mol. The Morgan fingerprint density at radius 2 is 1.94 bits per heavy atom. The standard InChI is InChI=1S/C21H22ClF2N5O2/c1-12-10-29(14-8-15(23)20(22)16(24)9-14)6-5-28(12)11-19(30)25-13-3-4-17-18(7-13)27(2)21(31)26-17/h3-4,7-9,12H,5-6,10-11H2,1-2H3,(H,25,30)(H,26,31)/t12-/m1/s1. The molecule has 1 fully saturated rings. The maximum atomic E-state index is 13.8. The van der Waals surface area contributed by atoms with Gasteiger partial charge in [0, 0.05) is 44.1 Å². The summed E-state index contributed by atoms with van der Waals surface area (Å²) in [5.74, 6) is -1.75. The van der Waals surface area contributed by atoms with Crippen molar-refractivity contribution in [3.63, 3.8) is 0 Å². The fourth-order valence-corrected chi connectivity index (χ4v) is 3.98. The molecule has 0 aliphatic carbocycles. The van der Waals surface area contributed by atoms with Crippen molar-refractivity contribution >= 4 is 39.9 Å². The number of aromatic nitrogens is 2. The van der Waals surface area contributed by atoms with Gasteiger partial charge < -0.3 is 15.2 Å². The minimum Gasteiger partial charge on any atom is -0.369 e. The van der Waals surface area contributed by atoms with Crippen LogP contribution in [0.1, 0.15) is 6.92 Å². The second-order valence-electron chi connectivity index (χ2n) is 7.76. The third-order valence-electron chi connectivity index (χ3n) is 5.63. The summed E-state index contributed by atoms with van der Waals surface area (Å²) in [6.07, 6.45) is 0. The number of benzene rings is 2. The normalized spacial score (nSPS) is 17.3. The van der Waals surface area contributed by atoms with E-state index in [0.717, 1.165) is 0 Å². The largest absolute Gasteiger partial charge is 0.369 e. The molecule has 1 amide bonds. The molecule has 0 unspecified atom stereocenters. The van der Waals surface area contributed by atoms with Gasteiger partial charge in [0.25, 0.3) is 0 Å². The van der Waals surface area contributed by atoms with Gasteiger partial charge in [-0.1, -0.05) is 11.6 Å². The molecule has 1 aliphatic heterocycles. The zero-order chi connectivity index (χ0) is 22.3. The van der Waals surface area contributed by atoms with Crippen molar-refractivity contribution in [3.05, 3.63) is 57.5 Å². The van der Waals surface area contributed by atoms with E-state index in [4.69, 9.17) is 11.6 Å². The van der Waals surface area contributed by atoms with Gasteiger partial charge in [-0.2, -0.15) is 0 Å². The van der Waals surface area contributed by atoms with Crippen molar-refractivity contribution in [1.82, 2.24) is 14.5 Å². The number of rotatable bonds is 4. The number of nitrogens with one attached hydrogen (secondary N) is 2. The molecule has 1 aliphatic rings. The number of carbonyl (C=O) groups excluding carboxylic acids is 1. The number of nitrogens with zero attached hydrogens (tertiary/aromatic N) is 3. The first kappa shape index (κ1) is 21.3. The summed E-state index contributed by atoms with van der Waals surface area (Å²) in [7, 11) is 1.66. The van der Waals surface area contributed by atoms with Crippen LogP contribution >= 0.6 is 11.6 Å². The third kappa shape index (κ3) is 4.28. The third-order valence-corrected chi connectivity index (χ3v) is 6.00. The highest BCUT2D eigenvalue weighted by Gasteiger charge is 2.26. The lowest BCUT2D eigenvalue weighted by molar-refractivity contribution is -0.117. The SMILES string of the molecule is C[C@@H]1CN(c2cc(F)c(Cl)c(F)c2)CCN1CC(=O)Nc1ccc2[nH]c(=O)n(C)c2c1. The van der Waals surface area contributed by atoms with E-state index in [-0.39, 0.29) is 24.2 Å². The zero-order valence-corrected chi connectivity index (χ0v) is 17.8. The van der Waals surface area contributed by atoms with Crippen LogP contribution in [0.15, 0.2) is 35.1 Å². The Labute approximate surface area is 182 Å². The molecule has 4 rings (SSSR count). The fourth-order valence-electron chi connectivity index (χ4n) is 3.88. The van der Waals surface area contributed by atoms with Crippen LogP contribution < -0.4 is 15.9 Å². The van der Waals surface area contributed by atoms with E-state index in [9.17, 15) is 18.4 Å². The van der Waals surface area contributed by atoms with Crippen molar-refractivity contribution in [1.29, 1.82) is 0 Å². The summed E-state index contributed by atoms with van der Waals surface area (Å²) in [4.78, 5) is 30.9. The highest BCUT2D eigenvalue weighted by Crippen LogP contribution is 2.27. The van der Waals surface area contributed by atoms with Gasteiger partial charge in [0.15, 0.2) is 0 Å². The molecule has 7 nitrogen and oxygen atoms in total. The number of aromatic amines is 1. The van der Waals surface area contributed by atoms with E-state index in [1.165, 1.54) is 16.7 Å². The summed E-state index contributed by atoms with van der Waals surface area (Å²) in [6, 6.07) is 7.68. The molecule has 1 saturated heterocycles. The summed E-state index contributed by atoms with van der Waals surface area (Å²) >= 11 is 5.57. The number of anilines is 2. The number of imidazole rings is 1. The minimum atomic E-state index is -0.789. The lowest BCUT2D eigenvalue weighted by Gasteiger charge is -2.40. The average Bonchev–Trinajstić information content (AvgIpc) is 3.01. The van der Waals surface area contributed by atoms with Gasteiger partial charge in [-0.25, -0.2) is 13.6 Å². The molecule has 164 valence electrons. The van der Waals surface area contributed by atoms with Crippen molar-refractivity contribution in [2.45, 2.75) is 13.0 Å². The lowest BCUT2D eigenvalue weighted by atomic mass is 10.1. The fraction of sp³-hybridized carbons (Fsp3) is 0.333. The molecule has 1 aromatic heterocycles. The molecule has 2 heterocycles. The van der Waals surface area contributed by atoms with E-state index in [2.05, 4.69) is 10.3 Å². The highest BCUT2D eigenvalue weighted by molar-refractivity contribution is 6.31. The van der Waals surface area contributed by atoms with Crippen molar-refractivity contribution in [2.75, 3.05) is 36.4 Å². The molecule has 0 spiro atoms. The molecule has 0 radical (unpaired) electrons. The molecule has 0 saturated carbocycles. The molecule has 2 aromatic carbocycles. The number of fused-ring (bicyclic) bond motifs is 1. The number of piperazine rings is 1. The molecular formula is C21H22ClF2N5O2. The number of H-pyrrole nitrogens is 1. The molecule has 0 bridgehead atoms. The zero-order valence-electron chi connectivity index (χ0n) is 17.1. The first-order valence-corrected chi connectivity index (χ1v) is 10.2. The van der Waals surface area contributed by atoms with E-state index in [1.54, 1.807) is 25.2 Å². The first-order chi connectivity index (χ1) is 14.7. The molecule has 31 heavy (non-hydrogen) atoms. The predicted molar refractivity (Wildman–Crippen MR) is 117 cm³/mol. The van der Waals surface area contributed by atoms with Crippen LogP contribution in [0.5, 0.6) is 0 Å². The van der Waals surface area contributed by atoms with Gasteiger partial charge in [-0.3, -0.25) is 14.3 Å². The Hall–Kier alpha value is -2.91. The minimum absolute atomic E-state index is 0.00530. The average molecular weight is 450 g/mol. The smallest absolute Gasteiger partial charge is 0.326 e. The Balaban J connectivity index is 1.39. The number of amides is 1. The van der Waals surface area contributed by atoms with Crippen molar-refractivity contribution in [3.8, 4) is 0 Å². The van der Waals surface area contributed by atoms with E-state index in [1.807, 2.05) is 16.7 Å². The molecule has 10 heteroatoms. The Kier molecular flexibility index (Phi) is 5.72. The van der Waals surface area contributed by atoms with Crippen LogP contribution in [-0.2, 0) is 11.8 Å². The summed E-state index contributed by atoms with van der Waals surface area (Å²) in [5, 5.41) is 2.36. The van der Waals surface area contributed by atoms with Crippen LogP contribution in [0.4, 0.5) is 20.2 Å². The summed E-state index contributed by atoms with van der Waals surface area (Å²) < 4.78 is 29.1. The number of carbonyl (C=O) groups is 1. The topological polar surface area (TPSA) is 73.4 Å². The molecule has 1 atom stereocenters. The van der Waals surface area contributed by atoms with Gasteiger partial charge in [0.1, 0.15) is 16.7 Å². The highest BCUT2D eigenvalue weighted by atomic mass is 35.5. The quantitative estimate of drug-likeness (QED) is 0.601. The van der Waals surface area contributed by atoms with E-state index in [0.29, 0.717) is 42.0 Å². The summed E-state index contributed by atoms with van der Waals surface area (Å²) in [6.45, 7) is 3.75. The van der Waals surface area contributed by atoms with Gasteiger partial charge in [-0.05, 0) is 37.3 Å². The van der Waals surface area contributed by atoms with E-state index >= 15 is 0 Å². The predicted octanol–water partition coefficient (Wildman–Crippen LogP) is 2.95. The van der Waals surface area contributed by atoms with Gasteiger partial charge in [0.05, 0.1) is 17.6 Å². The summed E-state index contributed by atoms with van der Waals surface area (Å²) in [5.41, 5.74) is 2.22. The maximum Gasteiger partial charge on any atom is 0.326 e. The molecule has 3 aromatic rings. The number of hydrogen-bond acceptors (Lipinski definition) is 4. The van der Waals surface area contributed by atoms with Gasteiger partial charge in [-0.15, -0.1) is 0 Å². The second-order valence-corrected chi connectivity index (χ2v) is 8.14. The van der Waals surface area contributed by atoms with E-state index < -0.39 is 16.7 Å². The Morgan fingerprint density at radius 3 is 2.61 bits per heavy atom. The van der Waals surface area contributed by atoms with Crippen molar-refractivity contribution in [2.24, 2.45) is 7.05 Å². The van der Waals surface area contributed by atoms with Crippen LogP contribution in [0.25, 0.3) is 11.0 Å². The van der Waals surface area contributed by atoms with Crippen LogP contribution in [-0.4, -0.2) is 52.6 Å². The second kappa shape index (κ2) is 8.32.